The van der Waals surface area contributed by atoms with Crippen molar-refractivity contribution in [1.29, 1.82) is 0 Å². The van der Waals surface area contributed by atoms with Crippen molar-refractivity contribution < 1.29 is 14.3 Å². The third-order valence-corrected chi connectivity index (χ3v) is 3.01. The van der Waals surface area contributed by atoms with Gasteiger partial charge in [-0.2, -0.15) is 0 Å². The van der Waals surface area contributed by atoms with Gasteiger partial charge < -0.3 is 15.4 Å². The monoisotopic (exact) mass is 311 g/mol. The molecule has 0 atom stereocenters. The molecule has 1 aromatic heterocycles. The maximum atomic E-state index is 12.2. The van der Waals surface area contributed by atoms with Crippen LogP contribution in [0.15, 0.2) is 55.4 Å². The van der Waals surface area contributed by atoms with Crippen LogP contribution in [0.5, 0.6) is 0 Å². The van der Waals surface area contributed by atoms with Crippen LogP contribution in [0, 0.1) is 0 Å². The first-order valence-corrected chi connectivity index (χ1v) is 6.93. The number of aromatic nitrogens is 1. The van der Waals surface area contributed by atoms with Crippen LogP contribution in [0.3, 0.4) is 0 Å². The van der Waals surface area contributed by atoms with Crippen LogP contribution in [-0.4, -0.2) is 30.5 Å². The van der Waals surface area contributed by atoms with E-state index in [9.17, 15) is 9.59 Å². The number of pyridine rings is 1. The first kappa shape index (κ1) is 16.2. The van der Waals surface area contributed by atoms with Gasteiger partial charge in [-0.25, -0.2) is 4.79 Å². The fourth-order valence-corrected chi connectivity index (χ4v) is 1.86. The van der Waals surface area contributed by atoms with E-state index < -0.39 is 5.97 Å². The van der Waals surface area contributed by atoms with Crippen molar-refractivity contribution in [2.75, 3.05) is 24.3 Å². The molecule has 0 aliphatic rings. The number of nitrogens with one attached hydrogen (secondary N) is 2. The Kier molecular flexibility index (Phi) is 5.46. The summed E-state index contributed by atoms with van der Waals surface area (Å²) >= 11 is 0. The van der Waals surface area contributed by atoms with E-state index in [-0.39, 0.29) is 5.91 Å². The van der Waals surface area contributed by atoms with Gasteiger partial charge in [-0.1, -0.05) is 6.08 Å². The summed E-state index contributed by atoms with van der Waals surface area (Å²) in [5, 5.41) is 5.81. The topological polar surface area (TPSA) is 80.3 Å². The summed E-state index contributed by atoms with van der Waals surface area (Å²) in [4.78, 5) is 27.6. The quantitative estimate of drug-likeness (QED) is 0.633. The molecule has 0 saturated carbocycles. The van der Waals surface area contributed by atoms with E-state index in [1.54, 1.807) is 42.6 Å². The molecule has 1 aromatic carbocycles. The molecule has 6 nitrogen and oxygen atoms in total. The smallest absolute Gasteiger partial charge is 0.337 e. The summed E-state index contributed by atoms with van der Waals surface area (Å²) in [6, 6.07) is 8.15. The molecule has 2 aromatic rings. The number of ether oxygens (including phenoxy) is 1. The molecule has 1 amide bonds. The Hall–Kier alpha value is -3.15. The summed E-state index contributed by atoms with van der Waals surface area (Å²) in [5.41, 5.74) is 2.16. The number of rotatable bonds is 6. The predicted molar refractivity (Wildman–Crippen MR) is 88.7 cm³/mol. The van der Waals surface area contributed by atoms with Gasteiger partial charge in [-0.05, 0) is 30.3 Å². The van der Waals surface area contributed by atoms with Crippen molar-refractivity contribution in [1.82, 2.24) is 4.98 Å². The zero-order chi connectivity index (χ0) is 16.7. The Labute approximate surface area is 134 Å². The number of anilines is 2. The molecule has 2 N–H and O–H groups in total. The maximum absolute atomic E-state index is 12.2. The van der Waals surface area contributed by atoms with Gasteiger partial charge in [-0.15, -0.1) is 6.58 Å². The SMILES string of the molecule is C=CCNc1cncc(C(=O)Nc2ccc(C(=O)OC)cc2)c1. The van der Waals surface area contributed by atoms with E-state index in [0.717, 1.165) is 5.69 Å². The molecule has 1 heterocycles. The molecule has 0 radical (unpaired) electrons. The lowest BCUT2D eigenvalue weighted by atomic mass is 10.2. The minimum Gasteiger partial charge on any atom is -0.465 e. The van der Waals surface area contributed by atoms with Gasteiger partial charge in [-0.3, -0.25) is 9.78 Å². The van der Waals surface area contributed by atoms with Crippen LogP contribution in [0.2, 0.25) is 0 Å². The summed E-state index contributed by atoms with van der Waals surface area (Å²) in [7, 11) is 1.32. The highest BCUT2D eigenvalue weighted by Gasteiger charge is 2.09. The second-order valence-electron chi connectivity index (χ2n) is 4.65. The first-order valence-electron chi connectivity index (χ1n) is 6.93. The zero-order valence-corrected chi connectivity index (χ0v) is 12.7. The van der Waals surface area contributed by atoms with Crippen LogP contribution in [-0.2, 0) is 4.74 Å². The van der Waals surface area contributed by atoms with Gasteiger partial charge in [0, 0.05) is 24.6 Å². The van der Waals surface area contributed by atoms with Gasteiger partial charge in [0.2, 0.25) is 0 Å². The van der Waals surface area contributed by atoms with Crippen LogP contribution in [0.1, 0.15) is 20.7 Å². The van der Waals surface area contributed by atoms with Gasteiger partial charge in [0.1, 0.15) is 0 Å². The molecule has 118 valence electrons. The molecule has 0 saturated heterocycles. The highest BCUT2D eigenvalue weighted by atomic mass is 16.5. The minimum absolute atomic E-state index is 0.287. The van der Waals surface area contributed by atoms with Gasteiger partial charge in [0.25, 0.3) is 5.91 Å². The van der Waals surface area contributed by atoms with Crippen molar-refractivity contribution in [3.63, 3.8) is 0 Å². The van der Waals surface area contributed by atoms with Crippen molar-refractivity contribution in [3.05, 3.63) is 66.5 Å². The van der Waals surface area contributed by atoms with Crippen LogP contribution >= 0.6 is 0 Å². The van der Waals surface area contributed by atoms with E-state index >= 15 is 0 Å². The van der Waals surface area contributed by atoms with Crippen molar-refractivity contribution in [2.45, 2.75) is 0 Å². The van der Waals surface area contributed by atoms with Crippen molar-refractivity contribution in [3.8, 4) is 0 Å². The second kappa shape index (κ2) is 7.74. The molecule has 0 unspecified atom stereocenters. The Balaban J connectivity index is 2.06. The number of hydrogen-bond acceptors (Lipinski definition) is 5. The van der Waals surface area contributed by atoms with Crippen molar-refractivity contribution >= 4 is 23.3 Å². The molecule has 0 aliphatic heterocycles. The average Bonchev–Trinajstić information content (AvgIpc) is 2.60. The van der Waals surface area contributed by atoms with Crippen LogP contribution < -0.4 is 10.6 Å². The maximum Gasteiger partial charge on any atom is 0.337 e. The molecule has 2 rings (SSSR count). The molecule has 0 aliphatic carbocycles. The fourth-order valence-electron chi connectivity index (χ4n) is 1.86. The molecule has 6 heteroatoms. The Bertz CT molecular complexity index is 711. The highest BCUT2D eigenvalue weighted by molar-refractivity contribution is 6.04. The first-order chi connectivity index (χ1) is 11.1. The van der Waals surface area contributed by atoms with E-state index in [2.05, 4.69) is 26.9 Å². The number of carbonyl (C=O) groups is 2. The molecule has 0 spiro atoms. The number of amides is 1. The lowest BCUT2D eigenvalue weighted by molar-refractivity contribution is 0.0600. The van der Waals surface area contributed by atoms with Crippen LogP contribution in [0.25, 0.3) is 0 Å². The Morgan fingerprint density at radius 2 is 1.91 bits per heavy atom. The predicted octanol–water partition coefficient (Wildman–Crippen LogP) is 2.72. The molecular formula is C17H17N3O3. The normalized spacial score (nSPS) is 9.78. The number of hydrogen-bond donors (Lipinski definition) is 2. The summed E-state index contributed by atoms with van der Waals surface area (Å²) < 4.78 is 4.62. The van der Waals surface area contributed by atoms with Gasteiger partial charge >= 0.3 is 5.97 Å². The molecular weight excluding hydrogens is 294 g/mol. The van der Waals surface area contributed by atoms with E-state index in [1.807, 2.05) is 0 Å². The number of benzene rings is 1. The average molecular weight is 311 g/mol. The third-order valence-electron chi connectivity index (χ3n) is 3.01. The lowest BCUT2D eigenvalue weighted by Gasteiger charge is -2.08. The number of nitrogens with zero attached hydrogens (tertiary/aromatic N) is 1. The van der Waals surface area contributed by atoms with Gasteiger partial charge in [0.05, 0.1) is 23.9 Å². The van der Waals surface area contributed by atoms with E-state index in [1.165, 1.54) is 13.3 Å². The molecule has 0 fully saturated rings. The molecule has 23 heavy (non-hydrogen) atoms. The van der Waals surface area contributed by atoms with Gasteiger partial charge in [0.15, 0.2) is 0 Å². The minimum atomic E-state index is -0.423. The number of esters is 1. The second-order valence-corrected chi connectivity index (χ2v) is 4.65. The Morgan fingerprint density at radius 1 is 1.17 bits per heavy atom. The van der Waals surface area contributed by atoms with E-state index in [4.69, 9.17) is 0 Å². The van der Waals surface area contributed by atoms with Crippen LogP contribution in [0.4, 0.5) is 11.4 Å². The van der Waals surface area contributed by atoms with E-state index in [0.29, 0.717) is 23.4 Å². The Morgan fingerprint density at radius 3 is 2.57 bits per heavy atom. The fraction of sp³-hybridized carbons (Fsp3) is 0.118. The third kappa shape index (κ3) is 4.41. The highest BCUT2D eigenvalue weighted by Crippen LogP contribution is 2.13. The number of carbonyl (C=O) groups excluding carboxylic acids is 2. The molecule has 0 bridgehead atoms. The zero-order valence-electron chi connectivity index (χ0n) is 12.7. The number of methoxy groups -OCH3 is 1. The standard InChI is InChI=1S/C17H17N3O3/c1-3-8-19-15-9-13(10-18-11-15)16(21)20-14-6-4-12(5-7-14)17(22)23-2/h3-7,9-11,19H,1,8H2,2H3,(H,20,21). The largest absolute Gasteiger partial charge is 0.465 e. The summed E-state index contributed by atoms with van der Waals surface area (Å²) in [6.45, 7) is 4.20. The lowest BCUT2D eigenvalue weighted by Crippen LogP contribution is -2.13. The summed E-state index contributed by atoms with van der Waals surface area (Å²) in [6.07, 6.45) is 4.83. The van der Waals surface area contributed by atoms with Crippen molar-refractivity contribution in [2.24, 2.45) is 0 Å². The summed E-state index contributed by atoms with van der Waals surface area (Å²) in [5.74, 6) is -0.710.